The van der Waals surface area contributed by atoms with Gasteiger partial charge in [0.05, 0.1) is 0 Å². The van der Waals surface area contributed by atoms with Crippen LogP contribution >= 0.6 is 11.6 Å². The number of aryl methyl sites for hydroxylation is 1. The summed E-state index contributed by atoms with van der Waals surface area (Å²) in [6.07, 6.45) is -1.30. The number of methoxy groups -OCH3 is 1. The number of aliphatic hydroxyl groups is 1. The summed E-state index contributed by atoms with van der Waals surface area (Å²) in [7, 11) is 1.44. The van der Waals surface area contributed by atoms with Crippen LogP contribution in [0.2, 0.25) is 5.15 Å². The van der Waals surface area contributed by atoms with E-state index in [1.807, 2.05) is 57.2 Å². The average Bonchev–Trinajstić information content (AvgIpc) is 2.76. The Balaban J connectivity index is 1.90. The molecule has 0 amide bonds. The molecule has 0 aliphatic heterocycles. The number of benzene rings is 2. The quantitative estimate of drug-likeness (QED) is 0.369. The monoisotopic (exact) mass is 445 g/mol. The van der Waals surface area contributed by atoms with Crippen LogP contribution in [0.1, 0.15) is 39.6 Å². The first-order valence-corrected chi connectivity index (χ1v) is 10.1. The van der Waals surface area contributed by atoms with E-state index >= 15 is 0 Å². The molecular weight excluding hydrogens is 421 g/mol. The molecular formula is C24H25ClFNO4. The molecule has 5 nitrogen and oxygen atoms in total. The molecule has 1 N–H and O–H groups in total. The lowest BCUT2D eigenvalue weighted by molar-refractivity contribution is 0.0506. The van der Waals surface area contributed by atoms with E-state index in [1.165, 1.54) is 7.11 Å². The van der Waals surface area contributed by atoms with Gasteiger partial charge >= 0.3 is 0 Å². The normalized spacial score (nSPS) is 12.0. The molecule has 7 heteroatoms. The predicted octanol–water partition coefficient (Wildman–Crippen LogP) is 5.44. The first kappa shape index (κ1) is 23.0. The van der Waals surface area contributed by atoms with Gasteiger partial charge in [0.15, 0.2) is 23.5 Å². The fourth-order valence-electron chi connectivity index (χ4n) is 3.39. The van der Waals surface area contributed by atoms with E-state index in [0.29, 0.717) is 17.9 Å². The van der Waals surface area contributed by atoms with Crippen molar-refractivity contribution < 1.29 is 23.7 Å². The van der Waals surface area contributed by atoms with Gasteiger partial charge in [-0.15, -0.1) is 0 Å². The van der Waals surface area contributed by atoms with Crippen molar-refractivity contribution in [2.24, 2.45) is 0 Å². The number of halogens is 2. The third kappa shape index (κ3) is 5.15. The number of aromatic nitrogens is 1. The molecule has 3 aromatic rings. The molecule has 3 rings (SSSR count). The Morgan fingerprint density at radius 3 is 2.42 bits per heavy atom. The molecule has 1 unspecified atom stereocenters. The maximum Gasteiger partial charge on any atom is 0.188 e. The molecule has 0 aliphatic carbocycles. The van der Waals surface area contributed by atoms with Crippen molar-refractivity contribution in [1.82, 2.24) is 4.98 Å². The molecule has 2 aromatic carbocycles. The smallest absolute Gasteiger partial charge is 0.188 e. The number of aliphatic hydroxyl groups excluding tert-OH is 1. The molecule has 0 spiro atoms. The van der Waals surface area contributed by atoms with E-state index in [0.717, 1.165) is 28.3 Å². The minimum atomic E-state index is -1.30. The Morgan fingerprint density at radius 1 is 1.03 bits per heavy atom. The van der Waals surface area contributed by atoms with Crippen molar-refractivity contribution in [3.8, 4) is 11.5 Å². The summed E-state index contributed by atoms with van der Waals surface area (Å²) in [6, 6.07) is 12.8. The van der Waals surface area contributed by atoms with Gasteiger partial charge in [-0.3, -0.25) is 0 Å². The lowest BCUT2D eigenvalue weighted by atomic mass is 9.92. The summed E-state index contributed by atoms with van der Waals surface area (Å²) >= 11 is 6.11. The number of pyridine rings is 1. The zero-order chi connectivity index (χ0) is 22.5. The largest absolute Gasteiger partial charge is 0.489 e. The molecule has 1 heterocycles. The Morgan fingerprint density at radius 2 is 1.74 bits per heavy atom. The van der Waals surface area contributed by atoms with Crippen molar-refractivity contribution in [1.29, 1.82) is 0 Å². The summed E-state index contributed by atoms with van der Waals surface area (Å²) in [5, 5.41) is 10.9. The highest BCUT2D eigenvalue weighted by molar-refractivity contribution is 6.30. The van der Waals surface area contributed by atoms with Crippen LogP contribution in [0.3, 0.4) is 0 Å². The molecule has 0 saturated carbocycles. The minimum Gasteiger partial charge on any atom is -0.489 e. The maximum atomic E-state index is 14.7. The van der Waals surface area contributed by atoms with Gasteiger partial charge < -0.3 is 19.3 Å². The predicted molar refractivity (Wildman–Crippen MR) is 117 cm³/mol. The number of ether oxygens (including phenoxy) is 3. The van der Waals surface area contributed by atoms with Gasteiger partial charge in [0.2, 0.25) is 0 Å². The van der Waals surface area contributed by atoms with Crippen LogP contribution in [0, 0.1) is 26.6 Å². The van der Waals surface area contributed by atoms with Gasteiger partial charge in [-0.05, 0) is 54.7 Å². The molecule has 0 aliphatic rings. The van der Waals surface area contributed by atoms with Crippen LogP contribution in [0.4, 0.5) is 4.39 Å². The molecule has 31 heavy (non-hydrogen) atoms. The molecule has 0 fully saturated rings. The Kier molecular flexibility index (Phi) is 7.49. The molecule has 1 atom stereocenters. The van der Waals surface area contributed by atoms with Crippen LogP contribution < -0.4 is 9.47 Å². The first-order chi connectivity index (χ1) is 14.8. The van der Waals surface area contributed by atoms with E-state index in [9.17, 15) is 9.50 Å². The average molecular weight is 446 g/mol. The van der Waals surface area contributed by atoms with Crippen molar-refractivity contribution >= 4 is 11.6 Å². The summed E-state index contributed by atoms with van der Waals surface area (Å²) in [6.45, 7) is 5.95. The highest BCUT2D eigenvalue weighted by atomic mass is 35.5. The van der Waals surface area contributed by atoms with Gasteiger partial charge in [-0.25, -0.2) is 9.37 Å². The van der Waals surface area contributed by atoms with Gasteiger partial charge in [-0.1, -0.05) is 41.9 Å². The fourth-order valence-corrected chi connectivity index (χ4v) is 3.59. The second-order valence-corrected chi connectivity index (χ2v) is 7.59. The second kappa shape index (κ2) is 10.1. The van der Waals surface area contributed by atoms with E-state index in [4.69, 9.17) is 25.8 Å². The zero-order valence-corrected chi connectivity index (χ0v) is 18.7. The van der Waals surface area contributed by atoms with Crippen LogP contribution in [-0.2, 0) is 11.3 Å². The van der Waals surface area contributed by atoms with Crippen molar-refractivity contribution in [3.63, 3.8) is 0 Å². The third-order valence-electron chi connectivity index (χ3n) is 5.13. The standard InChI is InChI=1S/C24H25ClFNO4/c1-14-10-19(30-12-17-8-6-5-7-9-17)15(2)16(3)21(14)23(28)22-18(26)11-20(24(25)27-22)31-13-29-4/h5-11,23,28H,12-13H2,1-4H3. The Bertz CT molecular complexity index is 1060. The number of rotatable bonds is 8. The van der Waals surface area contributed by atoms with Crippen LogP contribution in [0.25, 0.3) is 0 Å². The van der Waals surface area contributed by atoms with E-state index in [2.05, 4.69) is 4.98 Å². The highest BCUT2D eigenvalue weighted by Crippen LogP contribution is 2.36. The van der Waals surface area contributed by atoms with Gasteiger partial charge in [0.1, 0.15) is 24.2 Å². The Hall–Kier alpha value is -2.67. The van der Waals surface area contributed by atoms with E-state index in [1.54, 1.807) is 0 Å². The molecule has 0 saturated heterocycles. The van der Waals surface area contributed by atoms with Crippen LogP contribution in [0.5, 0.6) is 11.5 Å². The first-order valence-electron chi connectivity index (χ1n) is 9.76. The van der Waals surface area contributed by atoms with Gasteiger partial charge in [0, 0.05) is 13.2 Å². The summed E-state index contributed by atoms with van der Waals surface area (Å²) in [5.74, 6) is 0.0414. The lowest BCUT2D eigenvalue weighted by Crippen LogP contribution is -2.12. The topological polar surface area (TPSA) is 60.8 Å². The highest BCUT2D eigenvalue weighted by Gasteiger charge is 2.25. The van der Waals surface area contributed by atoms with Crippen LogP contribution in [-0.4, -0.2) is 24.0 Å². The van der Waals surface area contributed by atoms with E-state index in [-0.39, 0.29) is 23.4 Å². The number of nitrogens with zero attached hydrogens (tertiary/aromatic N) is 1. The molecule has 1 aromatic heterocycles. The molecule has 0 radical (unpaired) electrons. The van der Waals surface area contributed by atoms with Gasteiger partial charge in [-0.2, -0.15) is 0 Å². The van der Waals surface area contributed by atoms with Crippen molar-refractivity contribution in [2.75, 3.05) is 13.9 Å². The summed E-state index contributed by atoms with van der Waals surface area (Å²) < 4.78 is 30.7. The molecule has 164 valence electrons. The number of hydrogen-bond donors (Lipinski definition) is 1. The summed E-state index contributed by atoms with van der Waals surface area (Å²) in [4.78, 5) is 4.04. The van der Waals surface area contributed by atoms with Crippen LogP contribution in [0.15, 0.2) is 42.5 Å². The zero-order valence-electron chi connectivity index (χ0n) is 17.9. The van der Waals surface area contributed by atoms with Gasteiger partial charge in [0.25, 0.3) is 0 Å². The number of hydrogen-bond acceptors (Lipinski definition) is 5. The SMILES string of the molecule is COCOc1cc(F)c(C(O)c2c(C)cc(OCc3ccccc3)c(C)c2C)nc1Cl. The lowest BCUT2D eigenvalue weighted by Gasteiger charge is -2.21. The minimum absolute atomic E-state index is 0.0475. The van der Waals surface area contributed by atoms with Crippen molar-refractivity contribution in [3.05, 3.63) is 86.9 Å². The summed E-state index contributed by atoms with van der Waals surface area (Å²) in [5.41, 5.74) is 3.87. The second-order valence-electron chi connectivity index (χ2n) is 7.23. The fraction of sp³-hybridized carbons (Fsp3) is 0.292. The third-order valence-corrected chi connectivity index (χ3v) is 5.41. The van der Waals surface area contributed by atoms with E-state index < -0.39 is 11.9 Å². The Labute approximate surface area is 186 Å². The molecule has 0 bridgehead atoms. The van der Waals surface area contributed by atoms with Crippen molar-refractivity contribution in [2.45, 2.75) is 33.5 Å². The maximum absolute atomic E-state index is 14.7.